The summed E-state index contributed by atoms with van der Waals surface area (Å²) in [4.78, 5) is 6.33. The van der Waals surface area contributed by atoms with Crippen LogP contribution in [0.5, 0.6) is 0 Å². The van der Waals surface area contributed by atoms with Crippen LogP contribution in [0.2, 0.25) is 0 Å². The lowest BCUT2D eigenvalue weighted by Gasteiger charge is -2.14. The number of hydrogen-bond donors (Lipinski definition) is 3. The molecule has 1 unspecified atom stereocenters. The van der Waals surface area contributed by atoms with Crippen LogP contribution in [0, 0.1) is 0 Å². The zero-order chi connectivity index (χ0) is 11.5. The molecular formula is C7H12N4O2S2. The number of aromatic nitrogens is 2. The largest absolute Gasteiger partial charge is 0.392 e. The van der Waals surface area contributed by atoms with Crippen molar-refractivity contribution < 1.29 is 8.42 Å². The summed E-state index contributed by atoms with van der Waals surface area (Å²) in [6.45, 7) is 1.70. The molecule has 8 heteroatoms. The molecule has 0 saturated carbocycles. The first-order valence-corrected chi connectivity index (χ1v) is 6.23. The van der Waals surface area contributed by atoms with E-state index in [4.69, 9.17) is 5.73 Å². The molecule has 84 valence electrons. The Bertz CT molecular complexity index is 426. The zero-order valence-electron chi connectivity index (χ0n) is 8.10. The Kier molecular flexibility index (Phi) is 3.64. The van der Waals surface area contributed by atoms with Gasteiger partial charge < -0.3 is 10.7 Å². The number of imidazole rings is 1. The second kappa shape index (κ2) is 4.58. The molecule has 1 aromatic heterocycles. The fourth-order valence-corrected chi connectivity index (χ4v) is 2.92. The van der Waals surface area contributed by atoms with Crippen molar-refractivity contribution in [1.29, 1.82) is 0 Å². The van der Waals surface area contributed by atoms with E-state index in [1.807, 2.05) is 0 Å². The second-order valence-corrected chi connectivity index (χ2v) is 5.22. The van der Waals surface area contributed by atoms with Gasteiger partial charge in [0.2, 0.25) is 16.0 Å². The van der Waals surface area contributed by atoms with E-state index >= 15 is 0 Å². The van der Waals surface area contributed by atoms with Crippen LogP contribution in [-0.4, -0.2) is 28.6 Å². The summed E-state index contributed by atoms with van der Waals surface area (Å²) in [7, 11) is -3.60. The van der Waals surface area contributed by atoms with E-state index in [0.717, 1.165) is 0 Å². The third-order valence-electron chi connectivity index (χ3n) is 1.80. The van der Waals surface area contributed by atoms with Crippen LogP contribution in [0.3, 0.4) is 0 Å². The van der Waals surface area contributed by atoms with Crippen molar-refractivity contribution >= 4 is 33.2 Å². The van der Waals surface area contributed by atoms with E-state index in [0.29, 0.717) is 6.42 Å². The van der Waals surface area contributed by atoms with Crippen molar-refractivity contribution in [1.82, 2.24) is 9.97 Å². The highest BCUT2D eigenvalue weighted by molar-refractivity contribution is 7.95. The molecule has 1 atom stereocenters. The van der Waals surface area contributed by atoms with Gasteiger partial charge in [-0.15, -0.1) is 0 Å². The van der Waals surface area contributed by atoms with Gasteiger partial charge in [-0.3, -0.25) is 4.72 Å². The minimum atomic E-state index is -3.60. The van der Waals surface area contributed by atoms with Gasteiger partial charge in [-0.25, -0.2) is 13.4 Å². The van der Waals surface area contributed by atoms with Gasteiger partial charge in [-0.1, -0.05) is 19.1 Å². The maximum absolute atomic E-state index is 11.7. The van der Waals surface area contributed by atoms with E-state index in [1.165, 1.54) is 12.4 Å². The van der Waals surface area contributed by atoms with Gasteiger partial charge in [0.15, 0.2) is 0 Å². The number of rotatable bonds is 5. The minimum Gasteiger partial charge on any atom is -0.392 e. The van der Waals surface area contributed by atoms with Gasteiger partial charge in [0.05, 0.1) is 4.99 Å². The van der Waals surface area contributed by atoms with Crippen LogP contribution < -0.4 is 10.5 Å². The average molecular weight is 248 g/mol. The molecule has 1 aromatic rings. The van der Waals surface area contributed by atoms with E-state index in [2.05, 4.69) is 26.9 Å². The summed E-state index contributed by atoms with van der Waals surface area (Å²) in [5.41, 5.74) is 5.34. The molecule has 1 rings (SSSR count). The van der Waals surface area contributed by atoms with Gasteiger partial charge in [0.25, 0.3) is 0 Å². The first-order valence-electron chi connectivity index (χ1n) is 4.27. The lowest BCUT2D eigenvalue weighted by molar-refractivity contribution is 0.594. The Morgan fingerprint density at radius 3 is 2.87 bits per heavy atom. The SMILES string of the molecule is CCC(C(N)=S)S(=O)(=O)Nc1ncc[nH]1. The van der Waals surface area contributed by atoms with Crippen molar-refractivity contribution in [2.75, 3.05) is 4.72 Å². The summed E-state index contributed by atoms with van der Waals surface area (Å²) in [5, 5.41) is -0.877. The van der Waals surface area contributed by atoms with Crippen LogP contribution in [0.15, 0.2) is 12.4 Å². The molecule has 15 heavy (non-hydrogen) atoms. The number of aromatic amines is 1. The summed E-state index contributed by atoms with van der Waals surface area (Å²) in [6.07, 6.45) is 3.28. The molecule has 0 radical (unpaired) electrons. The van der Waals surface area contributed by atoms with E-state index in [-0.39, 0.29) is 10.9 Å². The highest BCUT2D eigenvalue weighted by Crippen LogP contribution is 2.09. The molecule has 0 aliphatic rings. The summed E-state index contributed by atoms with van der Waals surface area (Å²) in [6, 6.07) is 0. The highest BCUT2D eigenvalue weighted by atomic mass is 32.2. The molecule has 0 aliphatic heterocycles. The monoisotopic (exact) mass is 248 g/mol. The highest BCUT2D eigenvalue weighted by Gasteiger charge is 2.26. The lowest BCUT2D eigenvalue weighted by atomic mass is 10.3. The normalized spacial score (nSPS) is 13.4. The number of thiocarbonyl (C=S) groups is 1. The van der Waals surface area contributed by atoms with Gasteiger partial charge in [-0.05, 0) is 6.42 Å². The zero-order valence-corrected chi connectivity index (χ0v) is 9.73. The van der Waals surface area contributed by atoms with Gasteiger partial charge in [-0.2, -0.15) is 0 Å². The topological polar surface area (TPSA) is 101 Å². The fourth-order valence-electron chi connectivity index (χ4n) is 1.10. The maximum Gasteiger partial charge on any atom is 0.244 e. The first-order chi connectivity index (χ1) is 6.97. The van der Waals surface area contributed by atoms with Crippen LogP contribution in [0.25, 0.3) is 0 Å². The number of nitrogens with two attached hydrogens (primary N) is 1. The van der Waals surface area contributed by atoms with Crippen LogP contribution in [0.1, 0.15) is 13.3 Å². The Morgan fingerprint density at radius 1 is 1.80 bits per heavy atom. The van der Waals surface area contributed by atoms with Gasteiger partial charge >= 0.3 is 0 Å². The number of hydrogen-bond acceptors (Lipinski definition) is 4. The lowest BCUT2D eigenvalue weighted by Crippen LogP contribution is -2.37. The van der Waals surface area contributed by atoms with Crippen molar-refractivity contribution in [3.63, 3.8) is 0 Å². The number of nitrogens with zero attached hydrogens (tertiary/aromatic N) is 1. The van der Waals surface area contributed by atoms with Crippen molar-refractivity contribution in [2.45, 2.75) is 18.6 Å². The first kappa shape index (κ1) is 11.9. The predicted octanol–water partition coefficient (Wildman–Crippen LogP) is 0.216. The Balaban J connectivity index is 2.87. The minimum absolute atomic E-state index is 0.0449. The van der Waals surface area contributed by atoms with E-state index < -0.39 is 15.3 Å². The third kappa shape index (κ3) is 2.90. The molecule has 0 aromatic carbocycles. The fraction of sp³-hybridized carbons (Fsp3) is 0.429. The molecule has 0 saturated heterocycles. The standard InChI is InChI=1S/C7H12N4O2S2/c1-2-5(6(8)14)15(12,13)11-7-9-3-4-10-7/h3-5H,2H2,1H3,(H2,8,14)(H2,9,10,11). The number of nitrogens with one attached hydrogen (secondary N) is 2. The number of H-pyrrole nitrogens is 1. The molecule has 0 spiro atoms. The molecule has 0 amide bonds. The Morgan fingerprint density at radius 2 is 2.47 bits per heavy atom. The third-order valence-corrected chi connectivity index (χ3v) is 4.05. The molecule has 0 fully saturated rings. The summed E-state index contributed by atoms with van der Waals surface area (Å²) in [5.74, 6) is 0.157. The summed E-state index contributed by atoms with van der Waals surface area (Å²) < 4.78 is 25.7. The molecular weight excluding hydrogens is 236 g/mol. The number of anilines is 1. The van der Waals surface area contributed by atoms with Gasteiger partial charge in [0, 0.05) is 12.4 Å². The Labute approximate surface area is 93.3 Å². The van der Waals surface area contributed by atoms with Crippen LogP contribution in [-0.2, 0) is 10.0 Å². The van der Waals surface area contributed by atoms with Crippen molar-refractivity contribution in [3.05, 3.63) is 12.4 Å². The molecule has 0 aliphatic carbocycles. The maximum atomic E-state index is 11.7. The van der Waals surface area contributed by atoms with E-state index in [1.54, 1.807) is 6.92 Å². The quantitative estimate of drug-likeness (QED) is 0.647. The molecule has 4 N–H and O–H groups in total. The van der Waals surface area contributed by atoms with E-state index in [9.17, 15) is 8.42 Å². The molecule has 1 heterocycles. The van der Waals surface area contributed by atoms with Gasteiger partial charge in [0.1, 0.15) is 5.25 Å². The number of sulfonamides is 1. The van der Waals surface area contributed by atoms with Crippen LogP contribution >= 0.6 is 12.2 Å². The molecule has 6 nitrogen and oxygen atoms in total. The van der Waals surface area contributed by atoms with Crippen molar-refractivity contribution in [3.8, 4) is 0 Å². The average Bonchev–Trinajstić information content (AvgIpc) is 2.55. The smallest absolute Gasteiger partial charge is 0.244 e. The van der Waals surface area contributed by atoms with Crippen LogP contribution in [0.4, 0.5) is 5.95 Å². The second-order valence-electron chi connectivity index (χ2n) is 2.88. The molecule has 0 bridgehead atoms. The van der Waals surface area contributed by atoms with Crippen molar-refractivity contribution in [2.24, 2.45) is 5.73 Å². The summed E-state index contributed by atoms with van der Waals surface area (Å²) >= 11 is 4.69. The predicted molar refractivity (Wildman–Crippen MR) is 62.0 cm³/mol. The Hall–Kier alpha value is -1.15.